The van der Waals surface area contributed by atoms with Crippen LogP contribution in [0.3, 0.4) is 0 Å². The third-order valence-electron chi connectivity index (χ3n) is 5.46. The van der Waals surface area contributed by atoms with Crippen LogP contribution in [0, 0.1) is 0 Å². The Morgan fingerprint density at radius 1 is 1.24 bits per heavy atom. The SMILES string of the molecule is COC(=O)c1cn(C[C@H](c2cccc(OC)c2)N2CCCC2)cc2c(=O)[nH]nc1-2. The first-order valence-corrected chi connectivity index (χ1v) is 9.65. The number of H-pyrrole nitrogens is 1. The van der Waals surface area contributed by atoms with Crippen molar-refractivity contribution in [3.63, 3.8) is 0 Å². The van der Waals surface area contributed by atoms with Crippen molar-refractivity contribution in [1.82, 2.24) is 19.7 Å². The third kappa shape index (κ3) is 3.75. The number of methoxy groups -OCH3 is 2. The fraction of sp³-hybridized carbons (Fsp3) is 0.381. The van der Waals surface area contributed by atoms with Crippen LogP contribution in [0.5, 0.6) is 5.75 Å². The van der Waals surface area contributed by atoms with Gasteiger partial charge in [-0.15, -0.1) is 0 Å². The van der Waals surface area contributed by atoms with Crippen molar-refractivity contribution >= 4 is 5.97 Å². The van der Waals surface area contributed by atoms with Crippen LogP contribution in [0.2, 0.25) is 0 Å². The van der Waals surface area contributed by atoms with Gasteiger partial charge in [0.15, 0.2) is 0 Å². The highest BCUT2D eigenvalue weighted by Crippen LogP contribution is 2.30. The standard InChI is InChI=1S/C21H24N4O4/c1-28-15-7-5-6-14(10-15)18(25-8-3-4-9-25)13-24-11-16-19(22-23-20(16)26)17(12-24)21(27)29-2/h5-7,10-12,18H,3-4,8-9,13H2,1-2H3,(H,23,26)/t18-/m1/s1. The fourth-order valence-electron chi connectivity index (χ4n) is 3.99. The Morgan fingerprint density at radius 3 is 2.76 bits per heavy atom. The number of carbonyl (C=O) groups is 1. The summed E-state index contributed by atoms with van der Waals surface area (Å²) in [6.45, 7) is 2.60. The minimum absolute atomic E-state index is 0.0857. The summed E-state index contributed by atoms with van der Waals surface area (Å²) in [6, 6.07) is 8.12. The van der Waals surface area contributed by atoms with E-state index >= 15 is 0 Å². The van der Waals surface area contributed by atoms with Gasteiger partial charge in [0.25, 0.3) is 5.56 Å². The summed E-state index contributed by atoms with van der Waals surface area (Å²) in [6.07, 6.45) is 5.77. The van der Waals surface area contributed by atoms with Gasteiger partial charge in [-0.2, -0.15) is 5.10 Å². The number of carbonyl (C=O) groups excluding carboxylic acids is 1. The number of likely N-dealkylation sites (tertiary alicyclic amines) is 1. The van der Waals surface area contributed by atoms with E-state index in [1.54, 1.807) is 19.5 Å². The molecule has 3 heterocycles. The summed E-state index contributed by atoms with van der Waals surface area (Å²) in [4.78, 5) is 26.9. The summed E-state index contributed by atoms with van der Waals surface area (Å²) < 4.78 is 12.2. The Morgan fingerprint density at radius 2 is 2.03 bits per heavy atom. The molecular formula is C21H24N4O4. The maximum Gasteiger partial charge on any atom is 0.341 e. The number of rotatable bonds is 6. The number of esters is 1. The number of nitrogens with zero attached hydrogens (tertiary/aromatic N) is 3. The Kier molecular flexibility index (Phi) is 5.35. The van der Waals surface area contributed by atoms with E-state index in [9.17, 15) is 9.59 Å². The predicted octanol–water partition coefficient (Wildman–Crippen LogP) is 2.31. The molecule has 1 aromatic rings. The molecule has 1 atom stereocenters. The van der Waals surface area contributed by atoms with Crippen LogP contribution >= 0.6 is 0 Å². The minimum Gasteiger partial charge on any atom is -0.497 e. The molecule has 8 nitrogen and oxygen atoms in total. The van der Waals surface area contributed by atoms with E-state index in [0.717, 1.165) is 37.2 Å². The van der Waals surface area contributed by atoms with Crippen LogP contribution in [-0.4, -0.2) is 52.9 Å². The number of benzene rings is 1. The minimum atomic E-state index is -0.519. The maximum absolute atomic E-state index is 12.3. The van der Waals surface area contributed by atoms with Gasteiger partial charge < -0.3 is 14.0 Å². The summed E-state index contributed by atoms with van der Waals surface area (Å²) >= 11 is 0. The molecule has 152 valence electrons. The van der Waals surface area contributed by atoms with Gasteiger partial charge in [0.1, 0.15) is 17.0 Å². The van der Waals surface area contributed by atoms with Crippen LogP contribution in [0.4, 0.5) is 0 Å². The third-order valence-corrected chi connectivity index (χ3v) is 5.46. The van der Waals surface area contributed by atoms with Crippen molar-refractivity contribution in [2.24, 2.45) is 0 Å². The van der Waals surface area contributed by atoms with E-state index in [-0.39, 0.29) is 17.2 Å². The number of hydrogen-bond acceptors (Lipinski definition) is 6. The number of aromatic amines is 1. The Balaban J connectivity index is 1.76. The van der Waals surface area contributed by atoms with Gasteiger partial charge in [0.2, 0.25) is 0 Å². The van der Waals surface area contributed by atoms with Crippen molar-refractivity contribution in [3.05, 3.63) is 58.1 Å². The van der Waals surface area contributed by atoms with Crippen LogP contribution in [0.25, 0.3) is 11.3 Å². The number of hydrogen-bond donors (Lipinski definition) is 1. The van der Waals surface area contributed by atoms with E-state index in [1.807, 2.05) is 22.8 Å². The second kappa shape index (κ2) is 8.08. The molecule has 0 saturated carbocycles. The Bertz CT molecular complexity index is 1040. The number of nitrogens with one attached hydrogen (secondary N) is 1. The summed E-state index contributed by atoms with van der Waals surface area (Å²) in [5, 5.41) is 6.41. The van der Waals surface area contributed by atoms with Gasteiger partial charge in [-0.3, -0.25) is 9.69 Å². The summed E-state index contributed by atoms with van der Waals surface area (Å²) in [5.41, 5.74) is 1.79. The Hall–Kier alpha value is -3.13. The highest BCUT2D eigenvalue weighted by atomic mass is 16.5. The highest BCUT2D eigenvalue weighted by Gasteiger charge is 2.27. The molecule has 0 bridgehead atoms. The quantitative estimate of drug-likeness (QED) is 0.643. The van der Waals surface area contributed by atoms with Crippen molar-refractivity contribution < 1.29 is 14.3 Å². The maximum atomic E-state index is 12.3. The van der Waals surface area contributed by atoms with Gasteiger partial charge in [-0.05, 0) is 43.6 Å². The monoisotopic (exact) mass is 396 g/mol. The zero-order valence-electron chi connectivity index (χ0n) is 16.6. The van der Waals surface area contributed by atoms with Crippen LogP contribution in [-0.2, 0) is 11.3 Å². The zero-order valence-corrected chi connectivity index (χ0v) is 16.6. The molecule has 29 heavy (non-hydrogen) atoms. The first kappa shape index (κ1) is 19.2. The second-order valence-electron chi connectivity index (χ2n) is 7.21. The fourth-order valence-corrected chi connectivity index (χ4v) is 3.99. The lowest BCUT2D eigenvalue weighted by Crippen LogP contribution is -2.29. The lowest BCUT2D eigenvalue weighted by molar-refractivity contribution is 0.0600. The zero-order chi connectivity index (χ0) is 20.4. The lowest BCUT2D eigenvalue weighted by Gasteiger charge is -2.29. The van der Waals surface area contributed by atoms with Crippen molar-refractivity contribution in [2.75, 3.05) is 27.3 Å². The largest absolute Gasteiger partial charge is 0.497 e. The van der Waals surface area contributed by atoms with Gasteiger partial charge in [0.05, 0.1) is 25.8 Å². The average molecular weight is 396 g/mol. The molecule has 8 heteroatoms. The number of fused-ring (bicyclic) bond motifs is 1. The molecule has 1 saturated heterocycles. The smallest absolute Gasteiger partial charge is 0.341 e. The molecule has 1 N–H and O–H groups in total. The summed E-state index contributed by atoms with van der Waals surface area (Å²) in [5.74, 6) is 0.286. The molecular weight excluding hydrogens is 372 g/mol. The van der Waals surface area contributed by atoms with E-state index < -0.39 is 5.97 Å². The number of ether oxygens (including phenoxy) is 2. The molecule has 1 fully saturated rings. The molecule has 0 aromatic heterocycles. The molecule has 0 spiro atoms. The molecule has 0 amide bonds. The van der Waals surface area contributed by atoms with Crippen molar-refractivity contribution in [1.29, 1.82) is 0 Å². The van der Waals surface area contributed by atoms with Gasteiger partial charge in [-0.1, -0.05) is 12.1 Å². The van der Waals surface area contributed by atoms with Gasteiger partial charge in [0, 0.05) is 18.9 Å². The normalized spacial score (nSPS) is 15.5. The van der Waals surface area contributed by atoms with Crippen LogP contribution < -0.4 is 10.3 Å². The predicted molar refractivity (Wildman–Crippen MR) is 107 cm³/mol. The first-order valence-electron chi connectivity index (χ1n) is 9.65. The molecule has 0 unspecified atom stereocenters. The number of pyridine rings is 1. The first-order chi connectivity index (χ1) is 14.1. The molecule has 3 aliphatic heterocycles. The Labute approximate surface area is 168 Å². The van der Waals surface area contributed by atoms with Crippen LogP contribution in [0.1, 0.15) is 34.8 Å². The van der Waals surface area contributed by atoms with Gasteiger partial charge in [-0.25, -0.2) is 9.89 Å². The number of aromatic nitrogens is 3. The molecule has 1 aromatic carbocycles. The topological polar surface area (TPSA) is 89.5 Å². The van der Waals surface area contributed by atoms with Crippen molar-refractivity contribution in [2.45, 2.75) is 25.4 Å². The van der Waals surface area contributed by atoms with Crippen LogP contribution in [0.15, 0.2) is 41.5 Å². The molecule has 3 aliphatic rings. The highest BCUT2D eigenvalue weighted by molar-refractivity contribution is 5.95. The average Bonchev–Trinajstić information content (AvgIpc) is 3.41. The van der Waals surface area contributed by atoms with Gasteiger partial charge >= 0.3 is 5.97 Å². The van der Waals surface area contributed by atoms with E-state index in [2.05, 4.69) is 21.2 Å². The van der Waals surface area contributed by atoms with E-state index in [0.29, 0.717) is 17.8 Å². The second-order valence-corrected chi connectivity index (χ2v) is 7.21. The lowest BCUT2D eigenvalue weighted by atomic mass is 10.0. The molecule has 0 radical (unpaired) electrons. The van der Waals surface area contributed by atoms with Crippen molar-refractivity contribution in [3.8, 4) is 17.0 Å². The van der Waals surface area contributed by atoms with E-state index in [4.69, 9.17) is 9.47 Å². The molecule has 0 aliphatic carbocycles. The summed E-state index contributed by atoms with van der Waals surface area (Å²) in [7, 11) is 2.98. The van der Waals surface area contributed by atoms with E-state index in [1.165, 1.54) is 7.11 Å². The molecule has 4 rings (SSSR count).